The molecule has 0 saturated carbocycles. The summed E-state index contributed by atoms with van der Waals surface area (Å²) in [6.07, 6.45) is 0. The van der Waals surface area contributed by atoms with Gasteiger partial charge in [0.25, 0.3) is 5.69 Å². The van der Waals surface area contributed by atoms with Gasteiger partial charge in [0.05, 0.1) is 23.5 Å². The maximum atomic E-state index is 12.5. The molecule has 1 atom stereocenters. The van der Waals surface area contributed by atoms with Gasteiger partial charge in [0.2, 0.25) is 5.88 Å². The largest absolute Gasteiger partial charge is 0.496 e. The highest BCUT2D eigenvalue weighted by molar-refractivity contribution is 5.91. The van der Waals surface area contributed by atoms with Gasteiger partial charge in [-0.25, -0.2) is 4.79 Å². The molecule has 4 rings (SSSR count). The second-order valence-corrected chi connectivity index (χ2v) is 7.06. The summed E-state index contributed by atoms with van der Waals surface area (Å²) in [6, 6.07) is 19.2. The summed E-state index contributed by atoms with van der Waals surface area (Å²) >= 11 is 0. The van der Waals surface area contributed by atoms with Crippen LogP contribution in [-0.4, -0.2) is 18.0 Å². The van der Waals surface area contributed by atoms with E-state index < -0.39 is 16.8 Å². The van der Waals surface area contributed by atoms with Crippen molar-refractivity contribution in [1.82, 2.24) is 0 Å². The van der Waals surface area contributed by atoms with Crippen molar-refractivity contribution in [2.45, 2.75) is 5.92 Å². The molecular weight excluding hydrogens is 426 g/mol. The van der Waals surface area contributed by atoms with Crippen molar-refractivity contribution in [1.29, 1.82) is 5.26 Å². The number of esters is 1. The van der Waals surface area contributed by atoms with Gasteiger partial charge in [-0.2, -0.15) is 5.26 Å². The third kappa shape index (κ3) is 4.05. The molecule has 0 spiro atoms. The number of non-ortho nitro benzene ring substituents is 1. The monoisotopic (exact) mass is 443 g/mol. The lowest BCUT2D eigenvalue weighted by Gasteiger charge is -2.27. The smallest absolute Gasteiger partial charge is 0.343 e. The molecule has 0 bridgehead atoms. The van der Waals surface area contributed by atoms with Crippen LogP contribution in [0.3, 0.4) is 0 Å². The molecule has 0 saturated heterocycles. The summed E-state index contributed by atoms with van der Waals surface area (Å²) in [5.74, 6) is -0.178. The number of nitriles is 1. The van der Waals surface area contributed by atoms with E-state index in [-0.39, 0.29) is 28.5 Å². The van der Waals surface area contributed by atoms with E-state index >= 15 is 0 Å². The van der Waals surface area contributed by atoms with Crippen LogP contribution in [0.25, 0.3) is 0 Å². The summed E-state index contributed by atoms with van der Waals surface area (Å²) in [6.45, 7) is 0. The van der Waals surface area contributed by atoms with Gasteiger partial charge in [-0.3, -0.25) is 10.1 Å². The first-order valence-corrected chi connectivity index (χ1v) is 9.74. The standard InChI is InChI=1S/C24H17N3O6/c1-31-20-5-3-2-4-17(20)22-18-11-10-16(12-21(18)33-23(26)19(22)13-25)32-24(28)14-6-8-15(9-7-14)27(29)30/h2-12,22H,26H2,1H3. The van der Waals surface area contributed by atoms with Crippen LogP contribution in [-0.2, 0) is 0 Å². The third-order valence-electron chi connectivity index (χ3n) is 5.16. The van der Waals surface area contributed by atoms with Gasteiger partial charge in [0.15, 0.2) is 0 Å². The molecule has 0 radical (unpaired) electrons. The van der Waals surface area contributed by atoms with Gasteiger partial charge in [-0.1, -0.05) is 24.3 Å². The summed E-state index contributed by atoms with van der Waals surface area (Å²) in [4.78, 5) is 22.7. The minimum absolute atomic E-state index is 0.0558. The molecule has 9 nitrogen and oxygen atoms in total. The molecule has 0 amide bonds. The van der Waals surface area contributed by atoms with Gasteiger partial charge in [-0.05, 0) is 24.3 Å². The molecule has 3 aromatic carbocycles. The molecule has 0 aromatic heterocycles. The first-order valence-electron chi connectivity index (χ1n) is 9.74. The normalized spacial score (nSPS) is 14.5. The molecular formula is C24H17N3O6. The highest BCUT2D eigenvalue weighted by Crippen LogP contribution is 2.45. The molecule has 0 fully saturated rings. The predicted molar refractivity (Wildman–Crippen MR) is 117 cm³/mol. The van der Waals surface area contributed by atoms with E-state index in [0.29, 0.717) is 17.1 Å². The van der Waals surface area contributed by atoms with Crippen LogP contribution in [0.1, 0.15) is 27.4 Å². The number of carbonyl (C=O) groups is 1. The van der Waals surface area contributed by atoms with Crippen LogP contribution >= 0.6 is 0 Å². The van der Waals surface area contributed by atoms with Crippen molar-refractivity contribution in [2.75, 3.05) is 7.11 Å². The van der Waals surface area contributed by atoms with Crippen molar-refractivity contribution >= 4 is 11.7 Å². The number of para-hydroxylation sites is 1. The maximum absolute atomic E-state index is 12.5. The lowest BCUT2D eigenvalue weighted by Crippen LogP contribution is -2.21. The van der Waals surface area contributed by atoms with Crippen LogP contribution < -0.4 is 19.9 Å². The van der Waals surface area contributed by atoms with Gasteiger partial charge < -0.3 is 19.9 Å². The average Bonchev–Trinajstić information content (AvgIpc) is 2.83. The minimum atomic E-state index is -0.692. The summed E-state index contributed by atoms with van der Waals surface area (Å²) in [7, 11) is 1.54. The zero-order valence-electron chi connectivity index (χ0n) is 17.3. The van der Waals surface area contributed by atoms with E-state index in [9.17, 15) is 20.2 Å². The highest BCUT2D eigenvalue weighted by atomic mass is 16.6. The minimum Gasteiger partial charge on any atom is -0.496 e. The fourth-order valence-electron chi connectivity index (χ4n) is 3.61. The quantitative estimate of drug-likeness (QED) is 0.270. The average molecular weight is 443 g/mol. The predicted octanol–water partition coefficient (Wildman–Crippen LogP) is 4.04. The first-order chi connectivity index (χ1) is 15.9. The fourth-order valence-corrected chi connectivity index (χ4v) is 3.61. The van der Waals surface area contributed by atoms with E-state index in [1.165, 1.54) is 30.3 Å². The van der Waals surface area contributed by atoms with Crippen molar-refractivity contribution in [3.8, 4) is 23.3 Å². The topological polar surface area (TPSA) is 138 Å². The molecule has 1 unspecified atom stereocenters. The molecule has 1 aliphatic heterocycles. The van der Waals surface area contributed by atoms with E-state index in [2.05, 4.69) is 6.07 Å². The maximum Gasteiger partial charge on any atom is 0.343 e. The molecule has 164 valence electrons. The van der Waals surface area contributed by atoms with Gasteiger partial charge in [0.1, 0.15) is 28.9 Å². The lowest BCUT2D eigenvalue weighted by atomic mass is 9.83. The lowest BCUT2D eigenvalue weighted by molar-refractivity contribution is -0.384. The molecule has 1 heterocycles. The van der Waals surface area contributed by atoms with E-state index in [4.69, 9.17) is 19.9 Å². The van der Waals surface area contributed by atoms with Crippen molar-refractivity contribution in [3.05, 3.63) is 105 Å². The zero-order chi connectivity index (χ0) is 23.5. The number of nitro benzene ring substituents is 1. The third-order valence-corrected chi connectivity index (χ3v) is 5.16. The van der Waals surface area contributed by atoms with Crippen LogP contribution in [0, 0.1) is 21.4 Å². The Morgan fingerprint density at radius 2 is 1.85 bits per heavy atom. The summed E-state index contributed by atoms with van der Waals surface area (Å²) in [5.41, 5.74) is 7.68. The number of allylic oxidation sites excluding steroid dienone is 1. The molecule has 33 heavy (non-hydrogen) atoms. The molecule has 9 heteroatoms. The Morgan fingerprint density at radius 1 is 1.12 bits per heavy atom. The van der Waals surface area contributed by atoms with Crippen LogP contribution in [0.2, 0.25) is 0 Å². The summed E-state index contributed by atoms with van der Waals surface area (Å²) in [5, 5.41) is 20.5. The Hall–Kier alpha value is -4.84. The van der Waals surface area contributed by atoms with Crippen molar-refractivity contribution in [2.24, 2.45) is 5.73 Å². The Balaban J connectivity index is 1.67. The number of rotatable bonds is 5. The second-order valence-electron chi connectivity index (χ2n) is 7.06. The Kier molecular flexibility index (Phi) is 5.66. The number of benzene rings is 3. The SMILES string of the molecule is COc1ccccc1C1C(C#N)=C(N)Oc2cc(OC(=O)c3ccc([N+](=O)[O-])cc3)ccc21. The number of nitrogens with two attached hydrogens (primary N) is 1. The fraction of sp³-hybridized carbons (Fsp3) is 0.0833. The number of ether oxygens (including phenoxy) is 3. The summed E-state index contributed by atoms with van der Waals surface area (Å²) < 4.78 is 16.5. The van der Waals surface area contributed by atoms with Crippen LogP contribution in [0.5, 0.6) is 17.2 Å². The van der Waals surface area contributed by atoms with Crippen molar-refractivity contribution < 1.29 is 23.9 Å². The number of hydrogen-bond donors (Lipinski definition) is 1. The van der Waals surface area contributed by atoms with Gasteiger partial charge >= 0.3 is 5.97 Å². The highest BCUT2D eigenvalue weighted by Gasteiger charge is 2.32. The number of methoxy groups -OCH3 is 1. The molecule has 0 aliphatic carbocycles. The van der Waals surface area contributed by atoms with Crippen LogP contribution in [0.15, 0.2) is 78.2 Å². The van der Waals surface area contributed by atoms with Crippen molar-refractivity contribution in [3.63, 3.8) is 0 Å². The number of nitro groups is 1. The number of carbonyl (C=O) groups excluding carboxylic acids is 1. The Morgan fingerprint density at radius 3 is 2.52 bits per heavy atom. The molecule has 1 aliphatic rings. The zero-order valence-corrected chi connectivity index (χ0v) is 17.3. The van der Waals surface area contributed by atoms with E-state index in [1.807, 2.05) is 18.2 Å². The Bertz CT molecular complexity index is 1320. The Labute approximate surface area is 188 Å². The van der Waals surface area contributed by atoms with Gasteiger partial charge in [0, 0.05) is 29.3 Å². The van der Waals surface area contributed by atoms with E-state index in [1.54, 1.807) is 25.3 Å². The van der Waals surface area contributed by atoms with E-state index in [0.717, 1.165) is 5.56 Å². The number of hydrogen-bond acceptors (Lipinski definition) is 8. The van der Waals surface area contributed by atoms with Gasteiger partial charge in [-0.15, -0.1) is 0 Å². The first kappa shape index (κ1) is 21.4. The second kappa shape index (κ2) is 8.72. The molecule has 2 N–H and O–H groups in total. The van der Waals surface area contributed by atoms with Crippen LogP contribution in [0.4, 0.5) is 5.69 Å². The number of nitrogens with zero attached hydrogens (tertiary/aromatic N) is 2. The molecule has 3 aromatic rings. The number of fused-ring (bicyclic) bond motifs is 1.